The number of hydrogen-bond acceptors (Lipinski definition) is 3. The molecule has 0 spiro atoms. The van der Waals surface area contributed by atoms with Gasteiger partial charge in [0.2, 0.25) is 5.91 Å². The summed E-state index contributed by atoms with van der Waals surface area (Å²) in [5.41, 5.74) is 5.75. The topological polar surface area (TPSA) is 55.6 Å². The molecule has 1 saturated heterocycles. The molecule has 2 unspecified atom stereocenters. The molecular formula is C13H25ClN2O2. The van der Waals surface area contributed by atoms with Crippen molar-refractivity contribution >= 4 is 18.3 Å². The summed E-state index contributed by atoms with van der Waals surface area (Å²) in [6.45, 7) is 6.18. The summed E-state index contributed by atoms with van der Waals surface area (Å²) in [6, 6.07) is 0. The maximum atomic E-state index is 12.5. The Hall–Kier alpha value is -0.320. The van der Waals surface area contributed by atoms with Crippen molar-refractivity contribution in [1.82, 2.24) is 4.90 Å². The molecule has 1 amide bonds. The average molecular weight is 277 g/mol. The van der Waals surface area contributed by atoms with Crippen molar-refractivity contribution in [3.8, 4) is 0 Å². The summed E-state index contributed by atoms with van der Waals surface area (Å²) in [5, 5.41) is 0. The maximum Gasteiger partial charge on any atom is 0.226 e. The molecule has 0 radical (unpaired) electrons. The van der Waals surface area contributed by atoms with Crippen LogP contribution in [0.4, 0.5) is 0 Å². The first-order valence-electron chi connectivity index (χ1n) is 6.76. The first-order chi connectivity index (χ1) is 8.11. The number of nitrogens with zero attached hydrogens (tertiary/aromatic N) is 1. The van der Waals surface area contributed by atoms with Crippen molar-refractivity contribution in [2.75, 3.05) is 19.6 Å². The van der Waals surface area contributed by atoms with Gasteiger partial charge in [-0.3, -0.25) is 4.79 Å². The summed E-state index contributed by atoms with van der Waals surface area (Å²) in [6.07, 6.45) is 3.58. The molecule has 106 valence electrons. The predicted octanol–water partition coefficient (Wildman–Crippen LogP) is 1.42. The Balaban J connectivity index is 0.00000162. The number of halogens is 1. The van der Waals surface area contributed by atoms with Crippen molar-refractivity contribution in [1.29, 1.82) is 0 Å². The second-order valence-corrected chi connectivity index (χ2v) is 5.53. The molecule has 0 aromatic heterocycles. The van der Waals surface area contributed by atoms with Crippen molar-refractivity contribution in [2.24, 2.45) is 17.6 Å². The van der Waals surface area contributed by atoms with Gasteiger partial charge in [0.1, 0.15) is 0 Å². The van der Waals surface area contributed by atoms with Crippen LogP contribution in [-0.4, -0.2) is 42.6 Å². The van der Waals surface area contributed by atoms with Crippen molar-refractivity contribution < 1.29 is 9.53 Å². The third-order valence-electron chi connectivity index (χ3n) is 4.01. The summed E-state index contributed by atoms with van der Waals surface area (Å²) >= 11 is 0. The van der Waals surface area contributed by atoms with Crippen LogP contribution in [0.15, 0.2) is 0 Å². The Morgan fingerprint density at radius 1 is 1.28 bits per heavy atom. The summed E-state index contributed by atoms with van der Waals surface area (Å²) in [5.74, 6) is 0.869. The lowest BCUT2D eigenvalue weighted by Crippen LogP contribution is -2.50. The number of hydrogen-bond donors (Lipinski definition) is 1. The van der Waals surface area contributed by atoms with Gasteiger partial charge in [0.05, 0.1) is 12.2 Å². The van der Waals surface area contributed by atoms with Gasteiger partial charge in [-0.05, 0) is 39.2 Å². The Bertz CT molecular complexity index is 278. The molecule has 4 atom stereocenters. The van der Waals surface area contributed by atoms with E-state index in [0.29, 0.717) is 18.4 Å². The number of morpholine rings is 1. The molecule has 1 saturated carbocycles. The minimum absolute atomic E-state index is 0. The molecule has 1 aliphatic carbocycles. The number of rotatable bonds is 2. The molecule has 0 aromatic rings. The van der Waals surface area contributed by atoms with E-state index in [1.54, 1.807) is 0 Å². The van der Waals surface area contributed by atoms with Crippen LogP contribution in [0.3, 0.4) is 0 Å². The number of carbonyl (C=O) groups excluding carboxylic acids is 1. The van der Waals surface area contributed by atoms with Gasteiger partial charge < -0.3 is 15.4 Å². The third kappa shape index (κ3) is 3.37. The van der Waals surface area contributed by atoms with E-state index in [2.05, 4.69) is 0 Å². The van der Waals surface area contributed by atoms with E-state index in [1.807, 2.05) is 18.7 Å². The SMILES string of the molecule is CC1CN(C(=O)[C@@H]2CCC[C@@H]2CN)CC(C)O1.Cl. The second-order valence-electron chi connectivity index (χ2n) is 5.53. The number of carbonyl (C=O) groups is 1. The van der Waals surface area contributed by atoms with Crippen molar-refractivity contribution in [3.05, 3.63) is 0 Å². The normalized spacial score (nSPS) is 36.3. The van der Waals surface area contributed by atoms with Gasteiger partial charge in [-0.1, -0.05) is 6.42 Å². The molecule has 18 heavy (non-hydrogen) atoms. The molecule has 2 N–H and O–H groups in total. The zero-order valence-corrected chi connectivity index (χ0v) is 12.1. The molecule has 1 heterocycles. The molecule has 1 aliphatic heterocycles. The standard InChI is InChI=1S/C13H24N2O2.ClH/c1-9-7-15(8-10(2)17-9)13(16)12-5-3-4-11(12)6-14;/h9-12H,3-8,14H2,1-2H3;1H/t9?,10?,11-,12-;/m1./s1. The first kappa shape index (κ1) is 15.7. The van der Waals surface area contributed by atoms with E-state index in [0.717, 1.165) is 32.4 Å². The Kier molecular flexibility index (Phi) is 5.89. The Morgan fingerprint density at radius 2 is 1.89 bits per heavy atom. The Morgan fingerprint density at radius 3 is 2.44 bits per heavy atom. The highest BCUT2D eigenvalue weighted by Gasteiger charge is 2.36. The van der Waals surface area contributed by atoms with E-state index in [-0.39, 0.29) is 30.5 Å². The quantitative estimate of drug-likeness (QED) is 0.830. The summed E-state index contributed by atoms with van der Waals surface area (Å²) in [7, 11) is 0. The zero-order chi connectivity index (χ0) is 12.4. The third-order valence-corrected chi connectivity index (χ3v) is 4.01. The highest BCUT2D eigenvalue weighted by atomic mass is 35.5. The highest BCUT2D eigenvalue weighted by Crippen LogP contribution is 2.33. The number of nitrogens with two attached hydrogens (primary N) is 1. The lowest BCUT2D eigenvalue weighted by Gasteiger charge is -2.37. The van der Waals surface area contributed by atoms with Gasteiger partial charge in [-0.25, -0.2) is 0 Å². The lowest BCUT2D eigenvalue weighted by atomic mass is 9.94. The van der Waals surface area contributed by atoms with Gasteiger partial charge in [-0.2, -0.15) is 0 Å². The van der Waals surface area contributed by atoms with E-state index < -0.39 is 0 Å². The van der Waals surface area contributed by atoms with Crippen molar-refractivity contribution in [3.63, 3.8) is 0 Å². The molecular weight excluding hydrogens is 252 g/mol. The summed E-state index contributed by atoms with van der Waals surface area (Å²) in [4.78, 5) is 14.5. The van der Waals surface area contributed by atoms with Crippen LogP contribution in [0.2, 0.25) is 0 Å². The molecule has 0 bridgehead atoms. The lowest BCUT2D eigenvalue weighted by molar-refractivity contribution is -0.148. The van der Waals surface area contributed by atoms with Crippen LogP contribution in [-0.2, 0) is 9.53 Å². The van der Waals surface area contributed by atoms with Crippen LogP contribution in [0.25, 0.3) is 0 Å². The van der Waals surface area contributed by atoms with Crippen LogP contribution in [0.1, 0.15) is 33.1 Å². The fourth-order valence-corrected chi connectivity index (χ4v) is 3.24. The minimum Gasteiger partial charge on any atom is -0.372 e. The zero-order valence-electron chi connectivity index (χ0n) is 11.3. The molecule has 0 aromatic carbocycles. The molecule has 2 rings (SSSR count). The van der Waals surface area contributed by atoms with Gasteiger partial charge in [0, 0.05) is 19.0 Å². The molecule has 2 fully saturated rings. The van der Waals surface area contributed by atoms with Gasteiger partial charge in [-0.15, -0.1) is 12.4 Å². The number of amides is 1. The monoisotopic (exact) mass is 276 g/mol. The van der Waals surface area contributed by atoms with E-state index in [4.69, 9.17) is 10.5 Å². The maximum absolute atomic E-state index is 12.5. The fraction of sp³-hybridized carbons (Fsp3) is 0.923. The van der Waals surface area contributed by atoms with Gasteiger partial charge in [0.15, 0.2) is 0 Å². The molecule has 5 heteroatoms. The highest BCUT2D eigenvalue weighted by molar-refractivity contribution is 5.85. The molecule has 2 aliphatic rings. The van der Waals surface area contributed by atoms with E-state index in [9.17, 15) is 4.79 Å². The van der Waals surface area contributed by atoms with Gasteiger partial charge >= 0.3 is 0 Å². The van der Waals surface area contributed by atoms with Crippen molar-refractivity contribution in [2.45, 2.75) is 45.3 Å². The van der Waals surface area contributed by atoms with Crippen LogP contribution in [0, 0.1) is 11.8 Å². The fourth-order valence-electron chi connectivity index (χ4n) is 3.24. The minimum atomic E-state index is 0. The van der Waals surface area contributed by atoms with Crippen LogP contribution < -0.4 is 5.73 Å². The first-order valence-corrected chi connectivity index (χ1v) is 6.76. The molecule has 4 nitrogen and oxygen atoms in total. The smallest absolute Gasteiger partial charge is 0.226 e. The predicted molar refractivity (Wildman–Crippen MR) is 73.7 cm³/mol. The average Bonchev–Trinajstić information content (AvgIpc) is 2.74. The largest absolute Gasteiger partial charge is 0.372 e. The van der Waals surface area contributed by atoms with E-state index >= 15 is 0 Å². The van der Waals surface area contributed by atoms with Gasteiger partial charge in [0.25, 0.3) is 0 Å². The van der Waals surface area contributed by atoms with Crippen LogP contribution >= 0.6 is 12.4 Å². The number of ether oxygens (including phenoxy) is 1. The van der Waals surface area contributed by atoms with Crippen LogP contribution in [0.5, 0.6) is 0 Å². The summed E-state index contributed by atoms with van der Waals surface area (Å²) < 4.78 is 5.66. The Labute approximate surface area is 116 Å². The second kappa shape index (κ2) is 6.73. The van der Waals surface area contributed by atoms with E-state index in [1.165, 1.54) is 0 Å².